The van der Waals surface area contributed by atoms with Crippen molar-refractivity contribution in [3.8, 4) is 89.7 Å². The molecule has 4 nitrogen and oxygen atoms in total. The fraction of sp³-hybridized carbons (Fsp3) is 0.100. The Bertz CT molecular complexity index is 3330. The number of aromatic hydroxyl groups is 1. The molecule has 0 aliphatic heterocycles. The van der Waals surface area contributed by atoms with Gasteiger partial charge in [-0.3, -0.25) is 9.55 Å². The van der Waals surface area contributed by atoms with E-state index in [2.05, 4.69) is 203 Å². The van der Waals surface area contributed by atoms with E-state index in [0.29, 0.717) is 11.4 Å². The van der Waals surface area contributed by atoms with Gasteiger partial charge in [0, 0.05) is 33.0 Å². The number of para-hydroxylation sites is 2. The molecule has 0 aliphatic carbocycles. The molecule has 0 amide bonds. The fourth-order valence-electron chi connectivity index (χ4n) is 8.97. The van der Waals surface area contributed by atoms with Crippen LogP contribution in [0.2, 0.25) is 0 Å². The van der Waals surface area contributed by atoms with Gasteiger partial charge in [0.05, 0.1) is 22.3 Å². The standard InChI is InChI=1S/C60H48N3O.Pt/c1-39-26-28-42(29-27-39)44-32-33-61-53(38-44)48-36-46(41-16-8-6-9-17-41)35-47(37-48)50-22-15-24-55-58(50)62-59(51-20-12-13-25-56(51)64)63(55)54-31-30-45(34-40(54)2)57-49(43-18-10-7-11-19-43)21-14-23-52(57)60(3,4)5;/h6-36,38,64H,1-5H3;/q-1;. The molecule has 0 saturated heterocycles. The van der Waals surface area contributed by atoms with Gasteiger partial charge in [-0.25, -0.2) is 4.98 Å². The van der Waals surface area contributed by atoms with Crippen molar-refractivity contribution in [2.75, 3.05) is 0 Å². The largest absolute Gasteiger partial charge is 0.507 e. The molecule has 8 aromatic carbocycles. The number of pyridine rings is 1. The zero-order valence-corrected chi connectivity index (χ0v) is 39.4. The number of rotatable bonds is 8. The van der Waals surface area contributed by atoms with Gasteiger partial charge in [-0.05, 0) is 106 Å². The van der Waals surface area contributed by atoms with Gasteiger partial charge < -0.3 is 5.11 Å². The molecule has 2 heterocycles. The van der Waals surface area contributed by atoms with Crippen LogP contribution in [0.5, 0.6) is 5.75 Å². The van der Waals surface area contributed by atoms with Crippen molar-refractivity contribution in [1.82, 2.24) is 14.5 Å². The molecule has 65 heavy (non-hydrogen) atoms. The summed E-state index contributed by atoms with van der Waals surface area (Å²) in [6.07, 6.45) is 1.88. The third-order valence-electron chi connectivity index (χ3n) is 12.2. The summed E-state index contributed by atoms with van der Waals surface area (Å²) < 4.78 is 2.20. The minimum absolute atomic E-state index is 0. The molecule has 320 valence electrons. The van der Waals surface area contributed by atoms with Crippen LogP contribution < -0.4 is 0 Å². The van der Waals surface area contributed by atoms with Crippen LogP contribution >= 0.6 is 0 Å². The molecule has 0 atom stereocenters. The van der Waals surface area contributed by atoms with E-state index >= 15 is 0 Å². The molecule has 10 aromatic rings. The van der Waals surface area contributed by atoms with E-state index in [0.717, 1.165) is 72.5 Å². The zero-order valence-electron chi connectivity index (χ0n) is 37.1. The summed E-state index contributed by atoms with van der Waals surface area (Å²) in [6.45, 7) is 11.1. The quantitative estimate of drug-likeness (QED) is 0.154. The minimum atomic E-state index is -0.0870. The number of fused-ring (bicyclic) bond motifs is 1. The van der Waals surface area contributed by atoms with E-state index in [1.807, 2.05) is 30.5 Å². The molecule has 10 rings (SSSR count). The maximum Gasteiger partial charge on any atom is 0.148 e. The number of aromatic nitrogens is 3. The van der Waals surface area contributed by atoms with E-state index in [1.165, 1.54) is 27.8 Å². The zero-order chi connectivity index (χ0) is 44.0. The number of benzene rings is 8. The van der Waals surface area contributed by atoms with Crippen molar-refractivity contribution in [3.05, 3.63) is 217 Å². The number of hydrogen-bond donors (Lipinski definition) is 1. The molecule has 0 spiro atoms. The second kappa shape index (κ2) is 17.8. The van der Waals surface area contributed by atoms with Gasteiger partial charge in [-0.2, -0.15) is 0 Å². The van der Waals surface area contributed by atoms with Crippen LogP contribution in [0.1, 0.15) is 37.5 Å². The smallest absolute Gasteiger partial charge is 0.148 e. The Morgan fingerprint density at radius 1 is 0.523 bits per heavy atom. The molecule has 5 heteroatoms. The van der Waals surface area contributed by atoms with Gasteiger partial charge in [0.2, 0.25) is 0 Å². The van der Waals surface area contributed by atoms with Crippen molar-refractivity contribution >= 4 is 11.0 Å². The Balaban J connectivity index is 0.00000533. The predicted octanol–water partition coefficient (Wildman–Crippen LogP) is 15.5. The topological polar surface area (TPSA) is 50.9 Å². The molecule has 0 unspecified atom stereocenters. The SMILES string of the molecule is Cc1ccc(-c2ccnc(-c3[c-]c(-c4cccc5c4nc(-c4ccccc4O)n5-c4ccc(-c5c(-c6ccccc6)cccc5C(C)(C)C)cc4C)cc(-c4ccccc4)c3)c2)cc1.[Pt]. The van der Waals surface area contributed by atoms with E-state index < -0.39 is 0 Å². The number of aryl methyl sites for hydroxylation is 2. The van der Waals surface area contributed by atoms with E-state index in [1.54, 1.807) is 6.07 Å². The number of phenolic OH excluding ortho intramolecular Hbond substituents is 1. The Morgan fingerprint density at radius 3 is 1.88 bits per heavy atom. The van der Waals surface area contributed by atoms with Crippen LogP contribution in [0.3, 0.4) is 0 Å². The normalized spacial score (nSPS) is 11.4. The van der Waals surface area contributed by atoms with E-state index in [9.17, 15) is 5.11 Å². The summed E-state index contributed by atoms with van der Waals surface area (Å²) in [5, 5.41) is 11.4. The van der Waals surface area contributed by atoms with Gasteiger partial charge in [0.15, 0.2) is 0 Å². The van der Waals surface area contributed by atoms with Crippen LogP contribution in [-0.2, 0) is 26.5 Å². The Hall–Kier alpha value is -7.13. The van der Waals surface area contributed by atoms with Crippen molar-refractivity contribution in [2.45, 2.75) is 40.0 Å². The monoisotopic (exact) mass is 1020 g/mol. The molecule has 0 saturated carbocycles. The van der Waals surface area contributed by atoms with Gasteiger partial charge in [0.25, 0.3) is 0 Å². The van der Waals surface area contributed by atoms with Crippen LogP contribution in [0.15, 0.2) is 194 Å². The number of imidazole rings is 1. The molecule has 0 bridgehead atoms. The van der Waals surface area contributed by atoms with Crippen LogP contribution in [-0.4, -0.2) is 19.6 Å². The molecule has 1 N–H and O–H groups in total. The van der Waals surface area contributed by atoms with Crippen molar-refractivity contribution in [2.24, 2.45) is 0 Å². The predicted molar refractivity (Wildman–Crippen MR) is 266 cm³/mol. The first-order chi connectivity index (χ1) is 31.1. The second-order valence-electron chi connectivity index (χ2n) is 17.7. The average molecular weight is 1020 g/mol. The Morgan fingerprint density at radius 2 is 1.15 bits per heavy atom. The van der Waals surface area contributed by atoms with Gasteiger partial charge in [-0.1, -0.05) is 183 Å². The first-order valence-corrected chi connectivity index (χ1v) is 21.9. The van der Waals surface area contributed by atoms with E-state index in [4.69, 9.17) is 9.97 Å². The average Bonchev–Trinajstić information content (AvgIpc) is 3.71. The summed E-state index contributed by atoms with van der Waals surface area (Å²) in [5.41, 5.74) is 19.6. The maximum atomic E-state index is 11.4. The van der Waals surface area contributed by atoms with Crippen LogP contribution in [0.25, 0.3) is 95.0 Å². The van der Waals surface area contributed by atoms with Crippen molar-refractivity contribution < 1.29 is 26.2 Å². The Kier molecular flexibility index (Phi) is 11.8. The molecular weight excluding hydrogens is 974 g/mol. The molecule has 0 fully saturated rings. The van der Waals surface area contributed by atoms with Gasteiger partial charge >= 0.3 is 0 Å². The van der Waals surface area contributed by atoms with Crippen molar-refractivity contribution in [1.29, 1.82) is 0 Å². The first-order valence-electron chi connectivity index (χ1n) is 21.9. The van der Waals surface area contributed by atoms with E-state index in [-0.39, 0.29) is 32.2 Å². The first kappa shape index (κ1) is 43.1. The molecule has 0 radical (unpaired) electrons. The maximum absolute atomic E-state index is 11.4. The molecular formula is C60H48N3OPt-. The number of nitrogens with zero attached hydrogens (tertiary/aromatic N) is 3. The van der Waals surface area contributed by atoms with Crippen LogP contribution in [0.4, 0.5) is 0 Å². The molecule has 2 aromatic heterocycles. The summed E-state index contributed by atoms with van der Waals surface area (Å²) in [6, 6.07) is 69.3. The number of hydrogen-bond acceptors (Lipinski definition) is 3. The summed E-state index contributed by atoms with van der Waals surface area (Å²) in [4.78, 5) is 10.3. The van der Waals surface area contributed by atoms with Crippen LogP contribution in [0, 0.1) is 19.9 Å². The van der Waals surface area contributed by atoms with Crippen molar-refractivity contribution in [3.63, 3.8) is 0 Å². The van der Waals surface area contributed by atoms with Gasteiger partial charge in [0.1, 0.15) is 11.6 Å². The Labute approximate surface area is 396 Å². The second-order valence-corrected chi connectivity index (χ2v) is 17.7. The van der Waals surface area contributed by atoms with Gasteiger partial charge in [-0.15, -0.1) is 23.8 Å². The fourth-order valence-corrected chi connectivity index (χ4v) is 8.97. The summed E-state index contributed by atoms with van der Waals surface area (Å²) in [5.74, 6) is 0.823. The number of phenols is 1. The third kappa shape index (κ3) is 8.39. The minimum Gasteiger partial charge on any atom is -0.507 e. The summed E-state index contributed by atoms with van der Waals surface area (Å²) >= 11 is 0. The third-order valence-corrected chi connectivity index (χ3v) is 12.2. The summed E-state index contributed by atoms with van der Waals surface area (Å²) in [7, 11) is 0. The molecule has 0 aliphatic rings.